The highest BCUT2D eigenvalue weighted by Gasteiger charge is 2.26. The number of benzene rings is 2. The van der Waals surface area contributed by atoms with Crippen molar-refractivity contribution in [2.75, 3.05) is 13.1 Å². The smallest absolute Gasteiger partial charge is 0.223 e. The Hall–Kier alpha value is -1.84. The molecule has 1 amide bonds. The molecule has 0 aliphatic carbocycles. The van der Waals surface area contributed by atoms with Crippen LogP contribution in [0, 0.1) is 19.8 Å². The van der Waals surface area contributed by atoms with Gasteiger partial charge in [-0.25, -0.2) is 0 Å². The Morgan fingerprint density at radius 1 is 1.14 bits per heavy atom. The van der Waals surface area contributed by atoms with Gasteiger partial charge in [0.2, 0.25) is 5.91 Å². The molecular formula is C24H31ClN2O. The number of nitrogens with one attached hydrogen (secondary N) is 1. The number of carbonyl (C=O) groups excluding carboxylic acids is 1. The third kappa shape index (κ3) is 5.15. The summed E-state index contributed by atoms with van der Waals surface area (Å²) in [5, 5.41) is 4.12. The van der Waals surface area contributed by atoms with Gasteiger partial charge in [-0.2, -0.15) is 0 Å². The maximum atomic E-state index is 12.9. The molecule has 28 heavy (non-hydrogen) atoms. The first-order chi connectivity index (χ1) is 13.5. The van der Waals surface area contributed by atoms with Crippen molar-refractivity contribution in [2.24, 2.45) is 5.92 Å². The molecule has 1 heterocycles. The van der Waals surface area contributed by atoms with Gasteiger partial charge >= 0.3 is 0 Å². The average Bonchev–Trinajstić information content (AvgIpc) is 2.70. The van der Waals surface area contributed by atoms with Crippen LogP contribution in [0.2, 0.25) is 5.02 Å². The quantitative estimate of drug-likeness (QED) is 0.702. The Labute approximate surface area is 174 Å². The van der Waals surface area contributed by atoms with Gasteiger partial charge in [0.25, 0.3) is 0 Å². The molecule has 0 radical (unpaired) electrons. The van der Waals surface area contributed by atoms with Gasteiger partial charge in [-0.15, -0.1) is 0 Å². The molecule has 1 aliphatic heterocycles. The van der Waals surface area contributed by atoms with Crippen LogP contribution in [0.15, 0.2) is 42.5 Å². The number of piperidine rings is 1. The molecule has 4 heteroatoms. The van der Waals surface area contributed by atoms with Crippen molar-refractivity contribution in [3.63, 3.8) is 0 Å². The van der Waals surface area contributed by atoms with Crippen LogP contribution in [-0.2, 0) is 11.3 Å². The van der Waals surface area contributed by atoms with E-state index in [0.29, 0.717) is 0 Å². The first-order valence-electron chi connectivity index (χ1n) is 10.3. The summed E-state index contributed by atoms with van der Waals surface area (Å²) in [5.41, 5.74) is 4.93. The van der Waals surface area contributed by atoms with Crippen molar-refractivity contribution in [3.8, 4) is 0 Å². The molecule has 0 bridgehead atoms. The number of aryl methyl sites for hydroxylation is 2. The molecule has 1 fully saturated rings. The van der Waals surface area contributed by atoms with E-state index in [1.807, 2.05) is 18.2 Å². The third-order valence-corrected chi connectivity index (χ3v) is 6.34. The lowest BCUT2D eigenvalue weighted by Crippen LogP contribution is -2.41. The molecule has 1 atom stereocenters. The number of nitrogens with zero attached hydrogens (tertiary/aromatic N) is 1. The second kappa shape index (κ2) is 9.58. The molecule has 0 spiro atoms. The van der Waals surface area contributed by atoms with Gasteiger partial charge in [-0.3, -0.25) is 9.69 Å². The average molecular weight is 399 g/mol. The zero-order valence-electron chi connectivity index (χ0n) is 17.2. The maximum absolute atomic E-state index is 12.9. The van der Waals surface area contributed by atoms with E-state index in [0.717, 1.165) is 49.5 Å². The summed E-state index contributed by atoms with van der Waals surface area (Å²) in [7, 11) is 0. The Morgan fingerprint density at radius 2 is 1.86 bits per heavy atom. The number of hydrogen-bond acceptors (Lipinski definition) is 2. The van der Waals surface area contributed by atoms with Crippen LogP contribution in [-0.4, -0.2) is 23.9 Å². The van der Waals surface area contributed by atoms with Crippen molar-refractivity contribution >= 4 is 17.5 Å². The molecule has 2 aromatic rings. The van der Waals surface area contributed by atoms with Gasteiger partial charge in [0.1, 0.15) is 0 Å². The fourth-order valence-corrected chi connectivity index (χ4v) is 4.11. The lowest BCUT2D eigenvalue weighted by Gasteiger charge is -2.32. The zero-order chi connectivity index (χ0) is 20.1. The lowest BCUT2D eigenvalue weighted by atomic mass is 9.94. The number of carbonyl (C=O) groups is 1. The molecule has 0 aromatic heterocycles. The van der Waals surface area contributed by atoms with E-state index in [-0.39, 0.29) is 17.9 Å². The van der Waals surface area contributed by atoms with E-state index < -0.39 is 0 Å². The fraction of sp³-hybridized carbons (Fsp3) is 0.458. The molecule has 1 aliphatic rings. The Kier molecular flexibility index (Phi) is 7.14. The van der Waals surface area contributed by atoms with E-state index in [1.54, 1.807) is 0 Å². The molecule has 1 N–H and O–H groups in total. The maximum Gasteiger partial charge on any atom is 0.223 e. The second-order valence-electron chi connectivity index (χ2n) is 7.95. The van der Waals surface area contributed by atoms with Gasteiger partial charge in [-0.05, 0) is 74.5 Å². The molecule has 1 saturated heterocycles. The monoisotopic (exact) mass is 398 g/mol. The Bertz CT molecular complexity index is 812. The topological polar surface area (TPSA) is 32.3 Å². The van der Waals surface area contributed by atoms with Crippen LogP contribution >= 0.6 is 11.6 Å². The van der Waals surface area contributed by atoms with Crippen molar-refractivity contribution in [1.82, 2.24) is 10.2 Å². The highest BCUT2D eigenvalue weighted by atomic mass is 35.5. The second-order valence-corrected chi connectivity index (χ2v) is 8.36. The third-order valence-electron chi connectivity index (χ3n) is 5.97. The summed E-state index contributed by atoms with van der Waals surface area (Å²) in [6.45, 7) is 9.10. The number of rotatable bonds is 6. The summed E-state index contributed by atoms with van der Waals surface area (Å²) in [6.07, 6.45) is 2.71. The summed E-state index contributed by atoms with van der Waals surface area (Å²) in [5.74, 6) is 0.297. The van der Waals surface area contributed by atoms with E-state index in [4.69, 9.17) is 11.6 Å². The van der Waals surface area contributed by atoms with Crippen LogP contribution in [0.3, 0.4) is 0 Å². The normalized spacial score (nSPS) is 16.7. The number of halogens is 1. The molecular weight excluding hydrogens is 368 g/mol. The van der Waals surface area contributed by atoms with Crippen molar-refractivity contribution in [3.05, 3.63) is 69.7 Å². The van der Waals surface area contributed by atoms with Crippen molar-refractivity contribution in [1.29, 1.82) is 0 Å². The van der Waals surface area contributed by atoms with Crippen molar-refractivity contribution in [2.45, 2.75) is 52.6 Å². The molecule has 150 valence electrons. The SMILES string of the molecule is CCC(NC(=O)C1CCN(Cc2ccccc2Cl)CC1)c1ccc(C)c(C)c1. The van der Waals surface area contributed by atoms with Crippen LogP contribution in [0.1, 0.15) is 54.5 Å². The minimum atomic E-state index is 0.0907. The van der Waals surface area contributed by atoms with E-state index >= 15 is 0 Å². The lowest BCUT2D eigenvalue weighted by molar-refractivity contribution is -0.127. The summed E-state index contributed by atoms with van der Waals surface area (Å²) in [4.78, 5) is 15.3. The minimum Gasteiger partial charge on any atom is -0.349 e. The summed E-state index contributed by atoms with van der Waals surface area (Å²) < 4.78 is 0. The Balaban J connectivity index is 1.54. The molecule has 3 rings (SSSR count). The molecule has 3 nitrogen and oxygen atoms in total. The highest BCUT2D eigenvalue weighted by Crippen LogP contribution is 2.25. The molecule has 0 saturated carbocycles. The fourth-order valence-electron chi connectivity index (χ4n) is 3.91. The molecule has 1 unspecified atom stereocenters. The predicted octanol–water partition coefficient (Wildman–Crippen LogP) is 5.44. The van der Waals surface area contributed by atoms with Gasteiger partial charge in [0.05, 0.1) is 6.04 Å². The number of likely N-dealkylation sites (tertiary alicyclic amines) is 1. The van der Waals surface area contributed by atoms with Gasteiger partial charge in [-0.1, -0.05) is 54.9 Å². The summed E-state index contributed by atoms with van der Waals surface area (Å²) in [6, 6.07) is 14.6. The standard InChI is InChI=1S/C24H31ClN2O/c1-4-23(20-10-9-17(2)18(3)15-20)26-24(28)19-11-13-27(14-12-19)16-21-7-5-6-8-22(21)25/h5-10,15,19,23H,4,11-14,16H2,1-3H3,(H,26,28). The zero-order valence-corrected chi connectivity index (χ0v) is 17.9. The molecule has 2 aromatic carbocycles. The van der Waals surface area contributed by atoms with Crippen LogP contribution in [0.25, 0.3) is 0 Å². The predicted molar refractivity (Wildman–Crippen MR) is 117 cm³/mol. The first kappa shape index (κ1) is 20.9. The van der Waals surface area contributed by atoms with Gasteiger partial charge in [0, 0.05) is 17.5 Å². The Morgan fingerprint density at radius 3 is 2.50 bits per heavy atom. The number of hydrogen-bond donors (Lipinski definition) is 1. The van der Waals surface area contributed by atoms with Crippen LogP contribution < -0.4 is 5.32 Å². The van der Waals surface area contributed by atoms with Gasteiger partial charge in [0.15, 0.2) is 0 Å². The van der Waals surface area contributed by atoms with Crippen LogP contribution in [0.4, 0.5) is 0 Å². The number of amides is 1. The van der Waals surface area contributed by atoms with Gasteiger partial charge < -0.3 is 5.32 Å². The van der Waals surface area contributed by atoms with E-state index in [2.05, 4.69) is 55.3 Å². The van der Waals surface area contributed by atoms with Crippen LogP contribution in [0.5, 0.6) is 0 Å². The first-order valence-corrected chi connectivity index (χ1v) is 10.7. The largest absolute Gasteiger partial charge is 0.349 e. The van der Waals surface area contributed by atoms with E-state index in [1.165, 1.54) is 16.7 Å². The van der Waals surface area contributed by atoms with E-state index in [9.17, 15) is 4.79 Å². The summed E-state index contributed by atoms with van der Waals surface area (Å²) >= 11 is 6.28. The minimum absolute atomic E-state index is 0.0907. The highest BCUT2D eigenvalue weighted by molar-refractivity contribution is 6.31. The van der Waals surface area contributed by atoms with Crippen molar-refractivity contribution < 1.29 is 4.79 Å².